The second-order valence-corrected chi connectivity index (χ2v) is 5.54. The number of aryl methyl sites for hydroxylation is 1. The van der Waals surface area contributed by atoms with Crippen LogP contribution in [0.4, 0.5) is 4.39 Å². The van der Waals surface area contributed by atoms with Gasteiger partial charge in [0.15, 0.2) is 0 Å². The maximum absolute atomic E-state index is 13.4. The Morgan fingerprint density at radius 3 is 2.74 bits per heavy atom. The molecule has 96 valence electrons. The number of halogens is 2. The molecule has 3 aromatic rings. The topological polar surface area (TPSA) is 15.8 Å². The van der Waals surface area contributed by atoms with Crippen molar-refractivity contribution in [3.63, 3.8) is 0 Å². The number of rotatable bonds is 2. The summed E-state index contributed by atoms with van der Waals surface area (Å²) in [5.74, 6) is -0.195. The van der Waals surface area contributed by atoms with E-state index in [0.29, 0.717) is 0 Å². The zero-order chi connectivity index (χ0) is 13.4. The molecule has 1 nitrogen and oxygen atoms in total. The fourth-order valence-electron chi connectivity index (χ4n) is 2.41. The van der Waals surface area contributed by atoms with Crippen LogP contribution in [0.25, 0.3) is 10.9 Å². The largest absolute Gasteiger partial charge is 0.358 e. The van der Waals surface area contributed by atoms with Crippen LogP contribution in [0.15, 0.2) is 46.9 Å². The minimum absolute atomic E-state index is 0.195. The lowest BCUT2D eigenvalue weighted by Gasteiger charge is -2.05. The number of benzene rings is 2. The smallest absolute Gasteiger partial charge is 0.123 e. The average molecular weight is 318 g/mol. The minimum Gasteiger partial charge on any atom is -0.358 e. The van der Waals surface area contributed by atoms with Gasteiger partial charge in [0.25, 0.3) is 0 Å². The Morgan fingerprint density at radius 1 is 1.16 bits per heavy atom. The van der Waals surface area contributed by atoms with Gasteiger partial charge in [-0.05, 0) is 42.3 Å². The summed E-state index contributed by atoms with van der Waals surface area (Å²) in [4.78, 5) is 3.31. The second kappa shape index (κ2) is 4.82. The first-order chi connectivity index (χ1) is 9.15. The molecule has 0 unspecified atom stereocenters. The molecule has 0 aliphatic carbocycles. The van der Waals surface area contributed by atoms with Crippen LogP contribution >= 0.6 is 15.9 Å². The van der Waals surface area contributed by atoms with E-state index in [-0.39, 0.29) is 5.82 Å². The third-order valence-electron chi connectivity index (χ3n) is 3.41. The van der Waals surface area contributed by atoms with E-state index < -0.39 is 0 Å². The molecule has 0 aliphatic rings. The van der Waals surface area contributed by atoms with Crippen LogP contribution in [0.5, 0.6) is 0 Å². The molecule has 19 heavy (non-hydrogen) atoms. The third kappa shape index (κ3) is 2.30. The molecule has 0 radical (unpaired) electrons. The van der Waals surface area contributed by atoms with Gasteiger partial charge in [0.2, 0.25) is 0 Å². The molecule has 0 saturated heterocycles. The number of fused-ring (bicyclic) bond motifs is 1. The SMILES string of the molecule is Cc1[nH]c2ccc(F)cc2c1Cc1ccccc1Br. The summed E-state index contributed by atoms with van der Waals surface area (Å²) in [5, 5.41) is 0.966. The van der Waals surface area contributed by atoms with Crippen LogP contribution in [0, 0.1) is 12.7 Å². The Hall–Kier alpha value is -1.61. The molecule has 3 rings (SSSR count). The number of hydrogen-bond acceptors (Lipinski definition) is 0. The fraction of sp³-hybridized carbons (Fsp3) is 0.125. The van der Waals surface area contributed by atoms with Gasteiger partial charge in [-0.3, -0.25) is 0 Å². The second-order valence-electron chi connectivity index (χ2n) is 4.69. The summed E-state index contributed by atoms with van der Waals surface area (Å²) in [6.07, 6.45) is 0.788. The molecule has 1 heterocycles. The molecular weight excluding hydrogens is 305 g/mol. The van der Waals surface area contributed by atoms with Gasteiger partial charge < -0.3 is 4.98 Å². The van der Waals surface area contributed by atoms with Crippen LogP contribution in [-0.2, 0) is 6.42 Å². The van der Waals surface area contributed by atoms with Crippen LogP contribution in [0.3, 0.4) is 0 Å². The molecule has 1 N–H and O–H groups in total. The maximum Gasteiger partial charge on any atom is 0.123 e. The monoisotopic (exact) mass is 317 g/mol. The van der Waals surface area contributed by atoms with Gasteiger partial charge in [-0.25, -0.2) is 4.39 Å². The zero-order valence-electron chi connectivity index (χ0n) is 10.5. The van der Waals surface area contributed by atoms with Gasteiger partial charge in [0.05, 0.1) is 0 Å². The summed E-state index contributed by atoms with van der Waals surface area (Å²) in [6.45, 7) is 2.03. The highest BCUT2D eigenvalue weighted by Crippen LogP contribution is 2.27. The summed E-state index contributed by atoms with van der Waals surface area (Å²) in [7, 11) is 0. The lowest BCUT2D eigenvalue weighted by atomic mass is 10.0. The van der Waals surface area contributed by atoms with Gasteiger partial charge in [-0.1, -0.05) is 34.1 Å². The fourth-order valence-corrected chi connectivity index (χ4v) is 2.84. The Kier molecular flexibility index (Phi) is 3.15. The van der Waals surface area contributed by atoms with Crippen molar-refractivity contribution in [1.82, 2.24) is 4.98 Å². The van der Waals surface area contributed by atoms with Crippen molar-refractivity contribution in [2.24, 2.45) is 0 Å². The molecule has 2 aromatic carbocycles. The van der Waals surface area contributed by atoms with Crippen LogP contribution in [0.1, 0.15) is 16.8 Å². The molecule has 0 aliphatic heterocycles. The van der Waals surface area contributed by atoms with Crippen LogP contribution < -0.4 is 0 Å². The average Bonchev–Trinajstić information content (AvgIpc) is 2.69. The normalized spacial score (nSPS) is 11.1. The number of aromatic nitrogens is 1. The van der Waals surface area contributed by atoms with Crippen molar-refractivity contribution in [2.75, 3.05) is 0 Å². The van der Waals surface area contributed by atoms with E-state index in [2.05, 4.69) is 27.0 Å². The molecule has 0 fully saturated rings. The standard InChI is InChI=1S/C16H13BrFN/c1-10-13(8-11-4-2-3-5-15(11)17)14-9-12(18)6-7-16(14)19-10/h2-7,9,19H,8H2,1H3. The zero-order valence-corrected chi connectivity index (χ0v) is 12.1. The van der Waals surface area contributed by atoms with Crippen LogP contribution in [-0.4, -0.2) is 4.98 Å². The van der Waals surface area contributed by atoms with Crippen molar-refractivity contribution in [1.29, 1.82) is 0 Å². The van der Waals surface area contributed by atoms with Crippen molar-refractivity contribution in [2.45, 2.75) is 13.3 Å². The molecule has 3 heteroatoms. The highest BCUT2D eigenvalue weighted by Gasteiger charge is 2.11. The van der Waals surface area contributed by atoms with Gasteiger partial charge in [0, 0.05) is 27.5 Å². The Bertz CT molecular complexity index is 746. The Morgan fingerprint density at radius 2 is 1.95 bits per heavy atom. The van der Waals surface area contributed by atoms with Crippen molar-refractivity contribution in [3.8, 4) is 0 Å². The van der Waals surface area contributed by atoms with E-state index >= 15 is 0 Å². The predicted molar refractivity (Wildman–Crippen MR) is 79.9 cm³/mol. The van der Waals surface area contributed by atoms with Crippen molar-refractivity contribution < 1.29 is 4.39 Å². The minimum atomic E-state index is -0.195. The van der Waals surface area contributed by atoms with E-state index in [4.69, 9.17) is 0 Å². The molecule has 0 bridgehead atoms. The quantitative estimate of drug-likeness (QED) is 0.687. The van der Waals surface area contributed by atoms with Gasteiger partial charge in [-0.2, -0.15) is 0 Å². The van der Waals surface area contributed by atoms with E-state index in [1.807, 2.05) is 25.1 Å². The molecule has 0 atom stereocenters. The van der Waals surface area contributed by atoms with E-state index in [1.165, 1.54) is 11.6 Å². The lowest BCUT2D eigenvalue weighted by molar-refractivity contribution is 0.629. The summed E-state index contributed by atoms with van der Waals surface area (Å²) >= 11 is 3.56. The number of aromatic amines is 1. The Balaban J connectivity index is 2.12. The van der Waals surface area contributed by atoms with Gasteiger partial charge in [-0.15, -0.1) is 0 Å². The Labute approximate surface area is 119 Å². The van der Waals surface area contributed by atoms with E-state index in [0.717, 1.165) is 33.1 Å². The first-order valence-electron chi connectivity index (χ1n) is 6.15. The molecule has 0 amide bonds. The molecule has 0 saturated carbocycles. The van der Waals surface area contributed by atoms with Crippen LogP contribution in [0.2, 0.25) is 0 Å². The third-order valence-corrected chi connectivity index (χ3v) is 4.18. The first kappa shape index (κ1) is 12.4. The van der Waals surface area contributed by atoms with Gasteiger partial charge in [0.1, 0.15) is 5.82 Å². The highest BCUT2D eigenvalue weighted by atomic mass is 79.9. The summed E-state index contributed by atoms with van der Waals surface area (Å²) in [5.41, 5.74) is 4.44. The van der Waals surface area contributed by atoms with E-state index in [1.54, 1.807) is 12.1 Å². The number of hydrogen-bond donors (Lipinski definition) is 1. The number of H-pyrrole nitrogens is 1. The summed E-state index contributed by atoms with van der Waals surface area (Å²) < 4.78 is 14.5. The number of nitrogens with one attached hydrogen (secondary N) is 1. The van der Waals surface area contributed by atoms with Gasteiger partial charge >= 0.3 is 0 Å². The van der Waals surface area contributed by atoms with Crippen molar-refractivity contribution in [3.05, 3.63) is 69.6 Å². The van der Waals surface area contributed by atoms with E-state index in [9.17, 15) is 4.39 Å². The maximum atomic E-state index is 13.4. The highest BCUT2D eigenvalue weighted by molar-refractivity contribution is 9.10. The first-order valence-corrected chi connectivity index (χ1v) is 6.94. The molecule has 1 aromatic heterocycles. The summed E-state index contributed by atoms with van der Waals surface area (Å²) in [6, 6.07) is 13.0. The van der Waals surface area contributed by atoms with Crippen molar-refractivity contribution >= 4 is 26.8 Å². The molecule has 0 spiro atoms. The lowest BCUT2D eigenvalue weighted by Crippen LogP contribution is -1.91. The molecular formula is C16H13BrFN. The predicted octanol–water partition coefficient (Wildman–Crippen LogP) is 4.97.